The maximum Gasteiger partial charge on any atom is 0.303 e. The van der Waals surface area contributed by atoms with Crippen LogP contribution in [0.25, 0.3) is 0 Å². The van der Waals surface area contributed by atoms with Gasteiger partial charge in [0.25, 0.3) is 0 Å². The normalized spacial score (nSPS) is 15.3. The van der Waals surface area contributed by atoms with Gasteiger partial charge in [0, 0.05) is 6.42 Å². The third-order valence-electron chi connectivity index (χ3n) is 4.15. The molecule has 0 fully saturated rings. The van der Waals surface area contributed by atoms with Crippen LogP contribution in [0.3, 0.4) is 0 Å². The van der Waals surface area contributed by atoms with Crippen LogP contribution in [-0.4, -0.2) is 33.0 Å². The number of carboxylic acid groups (broad SMARTS) is 1. The molecule has 0 saturated carbocycles. The van der Waals surface area contributed by atoms with Crippen molar-refractivity contribution in [2.45, 2.75) is 107 Å². The molecule has 3 nitrogen and oxygen atoms in total. The van der Waals surface area contributed by atoms with E-state index >= 15 is 0 Å². The molecule has 0 bridgehead atoms. The molecule has 0 aromatic carbocycles. The number of aliphatic hydroxyl groups excluding tert-OH is 1. The van der Waals surface area contributed by atoms with Gasteiger partial charge in [0.15, 0.2) is 0 Å². The summed E-state index contributed by atoms with van der Waals surface area (Å²) in [6.07, 6.45) is 11.7. The number of rotatable bonds is 16. The van der Waals surface area contributed by atoms with E-state index in [1.54, 1.807) is 0 Å². The fourth-order valence-electron chi connectivity index (χ4n) is 2.66. The molecule has 0 amide bonds. The molecule has 0 aromatic heterocycles. The molecule has 0 rings (SSSR count). The zero-order valence-corrected chi connectivity index (χ0v) is 16.0. The summed E-state index contributed by atoms with van der Waals surface area (Å²) in [5.41, 5.74) is 0. The highest BCUT2D eigenvalue weighted by Crippen LogP contribution is 2.23. The van der Waals surface area contributed by atoms with E-state index in [4.69, 9.17) is 28.3 Å². The van der Waals surface area contributed by atoms with Crippen molar-refractivity contribution in [2.75, 3.05) is 0 Å². The first-order valence-electron chi connectivity index (χ1n) is 9.15. The van der Waals surface area contributed by atoms with Gasteiger partial charge in [-0.1, -0.05) is 58.3 Å². The van der Waals surface area contributed by atoms with Crippen LogP contribution < -0.4 is 0 Å². The molecule has 0 aliphatic carbocycles. The van der Waals surface area contributed by atoms with Crippen molar-refractivity contribution in [3.05, 3.63) is 0 Å². The van der Waals surface area contributed by atoms with Gasteiger partial charge in [-0.15, -0.1) is 23.2 Å². The fourth-order valence-corrected chi connectivity index (χ4v) is 3.25. The van der Waals surface area contributed by atoms with E-state index in [-0.39, 0.29) is 23.3 Å². The lowest BCUT2D eigenvalue weighted by Gasteiger charge is -2.19. The summed E-state index contributed by atoms with van der Waals surface area (Å²) < 4.78 is 0. The number of aliphatic carboxylic acids is 1. The highest BCUT2D eigenvalue weighted by atomic mass is 35.5. The van der Waals surface area contributed by atoms with E-state index in [0.717, 1.165) is 51.4 Å². The molecular weight excluding hydrogens is 335 g/mol. The van der Waals surface area contributed by atoms with Gasteiger partial charge in [-0.2, -0.15) is 0 Å². The summed E-state index contributed by atoms with van der Waals surface area (Å²) in [5.74, 6) is -0.718. The van der Waals surface area contributed by atoms with Crippen molar-refractivity contribution in [1.82, 2.24) is 0 Å². The smallest absolute Gasteiger partial charge is 0.303 e. The quantitative estimate of drug-likeness (QED) is 0.269. The summed E-state index contributed by atoms with van der Waals surface area (Å²) in [4.78, 5) is 10.4. The summed E-state index contributed by atoms with van der Waals surface area (Å²) in [7, 11) is 0. The van der Waals surface area contributed by atoms with E-state index in [9.17, 15) is 9.90 Å². The first-order valence-corrected chi connectivity index (χ1v) is 10.0. The zero-order valence-electron chi connectivity index (χ0n) is 14.5. The van der Waals surface area contributed by atoms with Gasteiger partial charge in [-0.05, 0) is 25.7 Å². The minimum absolute atomic E-state index is 0.0963. The second-order valence-corrected chi connectivity index (χ2v) is 7.59. The summed E-state index contributed by atoms with van der Waals surface area (Å²) in [6, 6.07) is 0. The molecule has 0 aromatic rings. The van der Waals surface area contributed by atoms with Crippen molar-refractivity contribution >= 4 is 29.2 Å². The van der Waals surface area contributed by atoms with Crippen LogP contribution in [0.2, 0.25) is 0 Å². The Labute approximate surface area is 151 Å². The molecule has 0 spiro atoms. The second kappa shape index (κ2) is 15.5. The standard InChI is InChI=1S/C18H34Cl2O3/c1-2-3-4-8-11-15(21)14-17(20)16(19)12-9-6-5-7-10-13-18(22)23/h15-17,21H,2-14H2,1H3,(H,22,23)/t15-,16+,17+/m0/s1. The Morgan fingerprint density at radius 3 is 2.09 bits per heavy atom. The predicted molar refractivity (Wildman–Crippen MR) is 98.6 cm³/mol. The molecular formula is C18H34Cl2O3. The maximum atomic E-state index is 10.4. The molecule has 0 aliphatic heterocycles. The van der Waals surface area contributed by atoms with Gasteiger partial charge >= 0.3 is 5.97 Å². The largest absolute Gasteiger partial charge is 0.481 e. The molecule has 138 valence electrons. The molecule has 0 aliphatic rings. The monoisotopic (exact) mass is 368 g/mol. The number of unbranched alkanes of at least 4 members (excludes halogenated alkanes) is 7. The van der Waals surface area contributed by atoms with Gasteiger partial charge in [0.2, 0.25) is 0 Å². The minimum atomic E-state index is -0.718. The maximum absolute atomic E-state index is 10.4. The lowest BCUT2D eigenvalue weighted by Crippen LogP contribution is -2.22. The Balaban J connectivity index is 3.57. The second-order valence-electron chi connectivity index (χ2n) is 6.47. The van der Waals surface area contributed by atoms with Crippen LogP contribution in [0.4, 0.5) is 0 Å². The number of halogens is 2. The summed E-state index contributed by atoms with van der Waals surface area (Å²) in [5, 5.41) is 18.3. The van der Waals surface area contributed by atoms with Crippen molar-refractivity contribution < 1.29 is 15.0 Å². The van der Waals surface area contributed by atoms with Crippen LogP contribution in [0, 0.1) is 0 Å². The van der Waals surface area contributed by atoms with Crippen LogP contribution in [0.15, 0.2) is 0 Å². The van der Waals surface area contributed by atoms with Crippen molar-refractivity contribution in [3.63, 3.8) is 0 Å². The molecule has 5 heteroatoms. The lowest BCUT2D eigenvalue weighted by atomic mass is 10.0. The topological polar surface area (TPSA) is 57.5 Å². The molecule has 23 heavy (non-hydrogen) atoms. The van der Waals surface area contributed by atoms with Crippen LogP contribution in [0.1, 0.15) is 90.4 Å². The van der Waals surface area contributed by atoms with E-state index in [1.807, 2.05) is 0 Å². The van der Waals surface area contributed by atoms with E-state index in [2.05, 4.69) is 6.92 Å². The Morgan fingerprint density at radius 2 is 1.43 bits per heavy atom. The Hall–Kier alpha value is 0.01000. The van der Waals surface area contributed by atoms with Gasteiger partial charge in [0.1, 0.15) is 0 Å². The molecule has 0 saturated heterocycles. The van der Waals surface area contributed by atoms with E-state index in [1.165, 1.54) is 19.3 Å². The third-order valence-corrected chi connectivity index (χ3v) is 5.28. The third kappa shape index (κ3) is 15.3. The number of alkyl halides is 2. The van der Waals surface area contributed by atoms with Gasteiger partial charge in [-0.25, -0.2) is 0 Å². The SMILES string of the molecule is CCCCCC[C@H](O)C[C@@H](Cl)[C@H](Cl)CCCCCCCC(=O)O. The zero-order chi connectivity index (χ0) is 17.5. The fraction of sp³-hybridized carbons (Fsp3) is 0.944. The van der Waals surface area contributed by atoms with Gasteiger partial charge in [0.05, 0.1) is 16.9 Å². The number of hydrogen-bond donors (Lipinski definition) is 2. The van der Waals surface area contributed by atoms with E-state index < -0.39 is 5.97 Å². The van der Waals surface area contributed by atoms with Crippen LogP contribution in [0.5, 0.6) is 0 Å². The van der Waals surface area contributed by atoms with Crippen molar-refractivity contribution in [2.24, 2.45) is 0 Å². The first kappa shape index (κ1) is 23.0. The van der Waals surface area contributed by atoms with E-state index in [0.29, 0.717) is 6.42 Å². The Morgan fingerprint density at radius 1 is 0.870 bits per heavy atom. The van der Waals surface area contributed by atoms with Gasteiger partial charge in [-0.3, -0.25) is 4.79 Å². The number of hydrogen-bond acceptors (Lipinski definition) is 2. The molecule has 3 atom stereocenters. The van der Waals surface area contributed by atoms with Crippen LogP contribution >= 0.6 is 23.2 Å². The number of carbonyl (C=O) groups is 1. The average molecular weight is 369 g/mol. The van der Waals surface area contributed by atoms with Crippen LogP contribution in [-0.2, 0) is 4.79 Å². The summed E-state index contributed by atoms with van der Waals surface area (Å²) >= 11 is 12.6. The minimum Gasteiger partial charge on any atom is -0.481 e. The number of carboxylic acids is 1. The highest BCUT2D eigenvalue weighted by molar-refractivity contribution is 6.30. The Bertz CT molecular complexity index is 287. The molecule has 0 unspecified atom stereocenters. The predicted octanol–water partition coefficient (Wildman–Crippen LogP) is 5.74. The number of aliphatic hydroxyl groups is 1. The van der Waals surface area contributed by atoms with Gasteiger partial charge < -0.3 is 10.2 Å². The first-order chi connectivity index (χ1) is 11.0. The molecule has 0 heterocycles. The average Bonchev–Trinajstić information content (AvgIpc) is 2.50. The van der Waals surface area contributed by atoms with Crippen molar-refractivity contribution in [1.29, 1.82) is 0 Å². The summed E-state index contributed by atoms with van der Waals surface area (Å²) in [6.45, 7) is 2.18. The highest BCUT2D eigenvalue weighted by Gasteiger charge is 2.19. The molecule has 2 N–H and O–H groups in total. The molecule has 0 radical (unpaired) electrons. The Kier molecular flexibility index (Phi) is 15.5. The van der Waals surface area contributed by atoms with Crippen molar-refractivity contribution in [3.8, 4) is 0 Å². The lowest BCUT2D eigenvalue weighted by molar-refractivity contribution is -0.137.